The molecule has 1 saturated heterocycles. The van der Waals surface area contributed by atoms with Gasteiger partial charge >= 0.3 is 0 Å². The summed E-state index contributed by atoms with van der Waals surface area (Å²) >= 11 is 0. The predicted molar refractivity (Wildman–Crippen MR) is 62.5 cm³/mol. The van der Waals surface area contributed by atoms with Crippen LogP contribution in [0.3, 0.4) is 0 Å². The molecule has 1 aliphatic heterocycles. The van der Waals surface area contributed by atoms with E-state index in [0.717, 1.165) is 18.4 Å². The van der Waals surface area contributed by atoms with Gasteiger partial charge in [0.25, 0.3) is 0 Å². The Morgan fingerprint density at radius 3 is 2.33 bits per heavy atom. The Labute approximate surface area is 93.9 Å². The van der Waals surface area contributed by atoms with Gasteiger partial charge in [-0.05, 0) is 45.4 Å². The third-order valence-electron chi connectivity index (χ3n) is 3.66. The summed E-state index contributed by atoms with van der Waals surface area (Å²) in [6.07, 6.45) is 7.13. The lowest BCUT2D eigenvalue weighted by atomic mass is 9.75. The highest BCUT2D eigenvalue weighted by molar-refractivity contribution is 4.81. The molecule has 1 saturated carbocycles. The predicted octanol–water partition coefficient (Wildman–Crippen LogP) is 3.23. The molecule has 0 amide bonds. The van der Waals surface area contributed by atoms with Crippen molar-refractivity contribution in [3.63, 3.8) is 0 Å². The second-order valence-corrected chi connectivity index (χ2v) is 6.18. The Bertz CT molecular complexity index is 209. The standard InChI is InChI=1S/C13H25NO/c1-13(2,3)15-14-9-8-11-6-4-5-7-12(11)10-14/h11-12H,4-10H2,1-3H3. The maximum Gasteiger partial charge on any atom is 0.0815 e. The van der Waals surface area contributed by atoms with Crippen LogP contribution in [0.1, 0.15) is 52.9 Å². The van der Waals surface area contributed by atoms with Crippen LogP contribution in [0, 0.1) is 11.8 Å². The van der Waals surface area contributed by atoms with Crippen LogP contribution in [0.5, 0.6) is 0 Å². The largest absolute Gasteiger partial charge is 0.293 e. The fraction of sp³-hybridized carbons (Fsp3) is 1.00. The van der Waals surface area contributed by atoms with Gasteiger partial charge in [-0.2, -0.15) is 5.06 Å². The number of piperidine rings is 1. The van der Waals surface area contributed by atoms with Gasteiger partial charge in [0.15, 0.2) is 0 Å². The summed E-state index contributed by atoms with van der Waals surface area (Å²) < 4.78 is 0. The summed E-state index contributed by atoms with van der Waals surface area (Å²) in [4.78, 5) is 5.96. The van der Waals surface area contributed by atoms with Crippen LogP contribution >= 0.6 is 0 Å². The van der Waals surface area contributed by atoms with Gasteiger partial charge in [0.1, 0.15) is 0 Å². The molecule has 2 fully saturated rings. The highest BCUT2D eigenvalue weighted by Crippen LogP contribution is 2.36. The van der Waals surface area contributed by atoms with E-state index < -0.39 is 0 Å². The van der Waals surface area contributed by atoms with Gasteiger partial charge in [0, 0.05) is 13.1 Å². The second-order valence-electron chi connectivity index (χ2n) is 6.18. The van der Waals surface area contributed by atoms with Crippen LogP contribution in [0.25, 0.3) is 0 Å². The van der Waals surface area contributed by atoms with E-state index in [9.17, 15) is 0 Å². The molecule has 2 atom stereocenters. The molecule has 2 unspecified atom stereocenters. The van der Waals surface area contributed by atoms with Gasteiger partial charge in [0.2, 0.25) is 0 Å². The molecular formula is C13H25NO. The third kappa shape index (κ3) is 3.18. The smallest absolute Gasteiger partial charge is 0.0815 e. The van der Waals surface area contributed by atoms with Crippen molar-refractivity contribution in [2.45, 2.75) is 58.5 Å². The van der Waals surface area contributed by atoms with E-state index in [0.29, 0.717) is 0 Å². The zero-order valence-corrected chi connectivity index (χ0v) is 10.5. The molecule has 88 valence electrons. The van der Waals surface area contributed by atoms with E-state index in [2.05, 4.69) is 25.8 Å². The molecule has 0 spiro atoms. The Morgan fingerprint density at radius 1 is 1.00 bits per heavy atom. The van der Waals surface area contributed by atoms with Gasteiger partial charge in [0.05, 0.1) is 5.60 Å². The van der Waals surface area contributed by atoms with Gasteiger partial charge in [-0.25, -0.2) is 0 Å². The first kappa shape index (κ1) is 11.4. The molecule has 2 heteroatoms. The third-order valence-corrected chi connectivity index (χ3v) is 3.66. The van der Waals surface area contributed by atoms with Crippen molar-refractivity contribution in [3.8, 4) is 0 Å². The van der Waals surface area contributed by atoms with Crippen molar-refractivity contribution in [1.82, 2.24) is 5.06 Å². The molecule has 15 heavy (non-hydrogen) atoms. The monoisotopic (exact) mass is 211 g/mol. The highest BCUT2D eigenvalue weighted by atomic mass is 16.7. The lowest BCUT2D eigenvalue weighted by molar-refractivity contribution is -0.248. The lowest BCUT2D eigenvalue weighted by Crippen LogP contribution is -2.44. The minimum absolute atomic E-state index is 0.0263. The summed E-state index contributed by atoms with van der Waals surface area (Å²) in [5.74, 6) is 1.91. The topological polar surface area (TPSA) is 12.5 Å². The number of hydrogen-bond acceptors (Lipinski definition) is 2. The van der Waals surface area contributed by atoms with Crippen molar-refractivity contribution in [2.24, 2.45) is 11.8 Å². The Morgan fingerprint density at radius 2 is 1.67 bits per heavy atom. The zero-order valence-electron chi connectivity index (χ0n) is 10.5. The van der Waals surface area contributed by atoms with Crippen molar-refractivity contribution in [1.29, 1.82) is 0 Å². The summed E-state index contributed by atoms with van der Waals surface area (Å²) in [7, 11) is 0. The molecule has 0 bridgehead atoms. The molecule has 1 aliphatic carbocycles. The number of nitrogens with zero attached hydrogens (tertiary/aromatic N) is 1. The van der Waals surface area contributed by atoms with Crippen molar-refractivity contribution < 1.29 is 4.84 Å². The molecule has 0 aromatic carbocycles. The van der Waals surface area contributed by atoms with E-state index in [1.54, 1.807) is 0 Å². The quantitative estimate of drug-likeness (QED) is 0.660. The number of hydroxylamine groups is 2. The second kappa shape index (κ2) is 4.42. The molecule has 1 heterocycles. The van der Waals surface area contributed by atoms with Gasteiger partial charge in [-0.1, -0.05) is 19.3 Å². The summed E-state index contributed by atoms with van der Waals surface area (Å²) in [5.41, 5.74) is -0.0263. The van der Waals surface area contributed by atoms with Crippen LogP contribution in [-0.2, 0) is 4.84 Å². The van der Waals surface area contributed by atoms with E-state index in [1.165, 1.54) is 38.6 Å². The Kier molecular flexibility index (Phi) is 3.36. The maximum atomic E-state index is 5.96. The number of hydrogen-bond donors (Lipinski definition) is 0. The number of rotatable bonds is 1. The summed E-state index contributed by atoms with van der Waals surface area (Å²) in [5, 5.41) is 2.21. The van der Waals surface area contributed by atoms with Crippen molar-refractivity contribution in [2.75, 3.05) is 13.1 Å². The van der Waals surface area contributed by atoms with Crippen LogP contribution < -0.4 is 0 Å². The maximum absolute atomic E-state index is 5.96. The molecule has 2 nitrogen and oxygen atoms in total. The fourth-order valence-electron chi connectivity index (χ4n) is 3.04. The summed E-state index contributed by atoms with van der Waals surface area (Å²) in [6.45, 7) is 8.72. The van der Waals surface area contributed by atoms with Crippen LogP contribution in [0.4, 0.5) is 0 Å². The fourth-order valence-corrected chi connectivity index (χ4v) is 3.04. The van der Waals surface area contributed by atoms with E-state index in [1.807, 2.05) is 0 Å². The zero-order chi connectivity index (χ0) is 10.9. The first-order valence-corrected chi connectivity index (χ1v) is 6.49. The van der Waals surface area contributed by atoms with Crippen LogP contribution in [-0.4, -0.2) is 23.8 Å². The van der Waals surface area contributed by atoms with Crippen molar-refractivity contribution >= 4 is 0 Å². The first-order chi connectivity index (χ1) is 7.04. The average Bonchev–Trinajstić information content (AvgIpc) is 2.15. The highest BCUT2D eigenvalue weighted by Gasteiger charge is 2.32. The van der Waals surface area contributed by atoms with E-state index in [4.69, 9.17) is 4.84 Å². The van der Waals surface area contributed by atoms with Crippen LogP contribution in [0.2, 0.25) is 0 Å². The summed E-state index contributed by atoms with van der Waals surface area (Å²) in [6, 6.07) is 0. The molecule has 0 N–H and O–H groups in total. The van der Waals surface area contributed by atoms with Gasteiger partial charge < -0.3 is 0 Å². The van der Waals surface area contributed by atoms with Crippen molar-refractivity contribution in [3.05, 3.63) is 0 Å². The molecular weight excluding hydrogens is 186 g/mol. The van der Waals surface area contributed by atoms with E-state index in [-0.39, 0.29) is 5.60 Å². The number of fused-ring (bicyclic) bond motifs is 1. The average molecular weight is 211 g/mol. The van der Waals surface area contributed by atoms with Gasteiger partial charge in [-0.3, -0.25) is 4.84 Å². The molecule has 0 aromatic rings. The van der Waals surface area contributed by atoms with E-state index >= 15 is 0 Å². The normalized spacial score (nSPS) is 33.8. The Balaban J connectivity index is 1.85. The minimum atomic E-state index is -0.0263. The molecule has 0 aromatic heterocycles. The van der Waals surface area contributed by atoms with Crippen LogP contribution in [0.15, 0.2) is 0 Å². The molecule has 2 rings (SSSR count). The lowest BCUT2D eigenvalue weighted by Gasteiger charge is -2.42. The van der Waals surface area contributed by atoms with Gasteiger partial charge in [-0.15, -0.1) is 0 Å². The Hall–Kier alpha value is -0.0800. The molecule has 0 radical (unpaired) electrons. The first-order valence-electron chi connectivity index (χ1n) is 6.49. The SMILES string of the molecule is CC(C)(C)ON1CCC2CCCCC2C1. The minimum Gasteiger partial charge on any atom is -0.293 e. The molecule has 2 aliphatic rings.